The smallest absolute Gasteiger partial charge is 0.273 e. The Morgan fingerprint density at radius 2 is 2.16 bits per heavy atom. The fourth-order valence-corrected chi connectivity index (χ4v) is 1.99. The van der Waals surface area contributed by atoms with E-state index >= 15 is 0 Å². The number of rotatable bonds is 8. The van der Waals surface area contributed by atoms with Gasteiger partial charge in [0.25, 0.3) is 5.69 Å². The van der Waals surface area contributed by atoms with Crippen LogP contribution in [0.5, 0.6) is 5.75 Å². The van der Waals surface area contributed by atoms with Crippen LogP contribution in [0.15, 0.2) is 18.2 Å². The van der Waals surface area contributed by atoms with Gasteiger partial charge in [0.05, 0.1) is 22.6 Å². The summed E-state index contributed by atoms with van der Waals surface area (Å²) >= 11 is 5.98. The maximum atomic E-state index is 10.7. The highest BCUT2D eigenvalue weighted by atomic mass is 35.5. The number of non-ortho nitro benzene ring substituents is 1. The number of nitro benzene ring substituents is 1. The molecule has 0 aliphatic rings. The van der Waals surface area contributed by atoms with Crippen LogP contribution in [0.1, 0.15) is 39.5 Å². The minimum absolute atomic E-state index is 0.000932. The van der Waals surface area contributed by atoms with Gasteiger partial charge in [-0.25, -0.2) is 0 Å². The van der Waals surface area contributed by atoms with Gasteiger partial charge in [0.2, 0.25) is 0 Å². The molecular formula is C14H20ClNO3. The predicted octanol–water partition coefficient (Wildman–Crippen LogP) is 4.84. The van der Waals surface area contributed by atoms with Gasteiger partial charge in [-0.15, -0.1) is 0 Å². The molecular weight excluding hydrogens is 266 g/mol. The van der Waals surface area contributed by atoms with Gasteiger partial charge in [-0.3, -0.25) is 10.1 Å². The molecule has 4 nitrogen and oxygen atoms in total. The van der Waals surface area contributed by atoms with Crippen molar-refractivity contribution in [2.75, 3.05) is 6.61 Å². The third kappa shape index (κ3) is 5.07. The van der Waals surface area contributed by atoms with Crippen LogP contribution in [0.2, 0.25) is 5.02 Å². The Morgan fingerprint density at radius 3 is 2.74 bits per heavy atom. The van der Waals surface area contributed by atoms with Crippen molar-refractivity contribution in [1.82, 2.24) is 0 Å². The van der Waals surface area contributed by atoms with E-state index in [1.165, 1.54) is 24.6 Å². The molecule has 0 aliphatic carbocycles. The fourth-order valence-electron chi connectivity index (χ4n) is 1.82. The van der Waals surface area contributed by atoms with Gasteiger partial charge in [0.15, 0.2) is 0 Å². The van der Waals surface area contributed by atoms with Crippen LogP contribution in [-0.2, 0) is 0 Å². The third-order valence-electron chi connectivity index (χ3n) is 3.14. The first-order chi connectivity index (χ1) is 9.08. The number of ether oxygens (including phenoxy) is 1. The Balaban J connectivity index is 2.65. The number of nitrogens with zero attached hydrogens (tertiary/aromatic N) is 1. The van der Waals surface area contributed by atoms with Crippen molar-refractivity contribution >= 4 is 17.3 Å². The lowest BCUT2D eigenvalue weighted by atomic mass is 10.0. The fraction of sp³-hybridized carbons (Fsp3) is 0.571. The van der Waals surface area contributed by atoms with Crippen LogP contribution >= 0.6 is 11.6 Å². The third-order valence-corrected chi connectivity index (χ3v) is 3.46. The minimum atomic E-state index is -0.447. The average Bonchev–Trinajstić information content (AvgIpc) is 2.40. The number of benzene rings is 1. The van der Waals surface area contributed by atoms with Crippen LogP contribution in [0.25, 0.3) is 0 Å². The number of hydrogen-bond acceptors (Lipinski definition) is 3. The Bertz CT molecular complexity index is 423. The predicted molar refractivity (Wildman–Crippen MR) is 76.9 cm³/mol. The van der Waals surface area contributed by atoms with Crippen molar-refractivity contribution in [2.24, 2.45) is 5.92 Å². The van der Waals surface area contributed by atoms with E-state index in [2.05, 4.69) is 13.8 Å². The Morgan fingerprint density at radius 1 is 1.42 bits per heavy atom. The average molecular weight is 286 g/mol. The molecule has 0 saturated heterocycles. The van der Waals surface area contributed by atoms with E-state index in [1.807, 2.05) is 0 Å². The molecule has 1 aromatic carbocycles. The van der Waals surface area contributed by atoms with Crippen molar-refractivity contribution in [2.45, 2.75) is 39.5 Å². The van der Waals surface area contributed by atoms with E-state index in [1.54, 1.807) is 0 Å². The van der Waals surface area contributed by atoms with Gasteiger partial charge in [0.1, 0.15) is 5.75 Å². The second-order valence-electron chi connectivity index (χ2n) is 4.60. The molecule has 0 saturated carbocycles. The van der Waals surface area contributed by atoms with Gasteiger partial charge in [0, 0.05) is 6.07 Å². The zero-order chi connectivity index (χ0) is 14.3. The second kappa shape index (κ2) is 8.00. The van der Waals surface area contributed by atoms with Gasteiger partial charge < -0.3 is 4.74 Å². The quantitative estimate of drug-likeness (QED) is 0.507. The molecule has 0 fully saturated rings. The molecule has 106 valence electrons. The van der Waals surface area contributed by atoms with Crippen molar-refractivity contribution in [3.63, 3.8) is 0 Å². The standard InChI is InChI=1S/C14H20ClNO3/c1-3-5-6-11(4-2)10-19-14-9-12(16(17)18)7-8-13(14)15/h7-9,11H,3-6,10H2,1-2H3. The first-order valence-corrected chi connectivity index (χ1v) is 7.03. The molecule has 1 rings (SSSR count). The molecule has 5 heteroatoms. The monoisotopic (exact) mass is 285 g/mol. The van der Waals surface area contributed by atoms with Crippen molar-refractivity contribution < 1.29 is 9.66 Å². The van der Waals surface area contributed by atoms with E-state index in [-0.39, 0.29) is 5.69 Å². The summed E-state index contributed by atoms with van der Waals surface area (Å²) in [5.41, 5.74) is 0.000932. The molecule has 0 bridgehead atoms. The molecule has 0 radical (unpaired) electrons. The summed E-state index contributed by atoms with van der Waals surface area (Å²) in [5, 5.41) is 11.1. The maximum Gasteiger partial charge on any atom is 0.273 e. The summed E-state index contributed by atoms with van der Waals surface area (Å²) in [6, 6.07) is 4.26. The molecule has 0 spiro atoms. The molecule has 0 aromatic heterocycles. The summed E-state index contributed by atoms with van der Waals surface area (Å²) in [4.78, 5) is 10.3. The normalized spacial score (nSPS) is 12.2. The Kier molecular flexibility index (Phi) is 6.64. The van der Waals surface area contributed by atoms with Crippen LogP contribution < -0.4 is 4.74 Å². The van der Waals surface area contributed by atoms with Gasteiger partial charge >= 0.3 is 0 Å². The lowest BCUT2D eigenvalue weighted by Gasteiger charge is -2.16. The van der Waals surface area contributed by atoms with Crippen molar-refractivity contribution in [3.05, 3.63) is 33.3 Å². The van der Waals surface area contributed by atoms with Gasteiger partial charge in [-0.1, -0.05) is 44.7 Å². The number of halogens is 1. The second-order valence-corrected chi connectivity index (χ2v) is 5.01. The summed E-state index contributed by atoms with van der Waals surface area (Å²) in [5.74, 6) is 0.862. The molecule has 0 N–H and O–H groups in total. The molecule has 0 aliphatic heterocycles. The van der Waals surface area contributed by atoms with E-state index < -0.39 is 4.92 Å². The van der Waals surface area contributed by atoms with Crippen LogP contribution in [-0.4, -0.2) is 11.5 Å². The lowest BCUT2D eigenvalue weighted by molar-refractivity contribution is -0.384. The summed E-state index contributed by atoms with van der Waals surface area (Å²) in [7, 11) is 0. The summed E-state index contributed by atoms with van der Waals surface area (Å²) in [6.45, 7) is 4.83. The van der Waals surface area contributed by atoms with E-state index in [0.29, 0.717) is 23.3 Å². The Hall–Kier alpha value is -1.29. The first-order valence-electron chi connectivity index (χ1n) is 6.65. The van der Waals surface area contributed by atoms with Crippen LogP contribution in [0.3, 0.4) is 0 Å². The largest absolute Gasteiger partial charge is 0.491 e. The Labute approximate surface area is 118 Å². The summed E-state index contributed by atoms with van der Waals surface area (Å²) in [6.07, 6.45) is 4.48. The molecule has 1 aromatic rings. The number of unbranched alkanes of at least 4 members (excludes halogenated alkanes) is 1. The maximum absolute atomic E-state index is 10.7. The zero-order valence-corrected chi connectivity index (χ0v) is 12.2. The topological polar surface area (TPSA) is 52.4 Å². The van der Waals surface area contributed by atoms with E-state index in [4.69, 9.17) is 16.3 Å². The van der Waals surface area contributed by atoms with E-state index in [0.717, 1.165) is 19.3 Å². The highest BCUT2D eigenvalue weighted by molar-refractivity contribution is 6.32. The molecule has 19 heavy (non-hydrogen) atoms. The molecule has 1 unspecified atom stereocenters. The van der Waals surface area contributed by atoms with Gasteiger partial charge in [-0.2, -0.15) is 0 Å². The SMILES string of the molecule is CCCCC(CC)COc1cc([N+](=O)[O-])ccc1Cl. The number of nitro groups is 1. The highest BCUT2D eigenvalue weighted by Gasteiger charge is 2.13. The summed E-state index contributed by atoms with van der Waals surface area (Å²) < 4.78 is 5.64. The highest BCUT2D eigenvalue weighted by Crippen LogP contribution is 2.29. The van der Waals surface area contributed by atoms with Crippen molar-refractivity contribution in [1.29, 1.82) is 0 Å². The molecule has 0 amide bonds. The number of hydrogen-bond donors (Lipinski definition) is 0. The van der Waals surface area contributed by atoms with Gasteiger partial charge in [-0.05, 0) is 18.4 Å². The van der Waals surface area contributed by atoms with E-state index in [9.17, 15) is 10.1 Å². The first kappa shape index (κ1) is 15.8. The van der Waals surface area contributed by atoms with Crippen LogP contribution in [0, 0.1) is 16.0 Å². The lowest BCUT2D eigenvalue weighted by Crippen LogP contribution is -2.11. The van der Waals surface area contributed by atoms with Crippen molar-refractivity contribution in [3.8, 4) is 5.75 Å². The molecule has 0 heterocycles. The minimum Gasteiger partial charge on any atom is -0.491 e. The molecule has 1 atom stereocenters. The zero-order valence-electron chi connectivity index (χ0n) is 11.4. The van der Waals surface area contributed by atoms with Crippen LogP contribution in [0.4, 0.5) is 5.69 Å².